The van der Waals surface area contributed by atoms with Gasteiger partial charge in [-0.05, 0) is 176 Å². The van der Waals surface area contributed by atoms with Crippen molar-refractivity contribution < 1.29 is 0 Å². The summed E-state index contributed by atoms with van der Waals surface area (Å²) in [6.45, 7) is 14.2. The molecule has 10 aromatic carbocycles. The van der Waals surface area contributed by atoms with E-state index in [0.29, 0.717) is 0 Å². The molecule has 0 saturated carbocycles. The van der Waals surface area contributed by atoms with E-state index in [1.54, 1.807) is 0 Å². The van der Waals surface area contributed by atoms with Gasteiger partial charge in [0.2, 0.25) is 0 Å². The Morgan fingerprint density at radius 1 is 0.299 bits per heavy atom. The van der Waals surface area contributed by atoms with Crippen molar-refractivity contribution in [3.05, 3.63) is 252 Å². The molecule has 77 heavy (non-hydrogen) atoms. The molecule has 0 saturated heterocycles. The second-order valence-electron chi connectivity index (χ2n) is 22.9. The van der Waals surface area contributed by atoms with Crippen LogP contribution in [0.15, 0.2) is 218 Å². The SMILES string of the molecule is CCCC1(CCC)c2ccccc2-c2ccc(N(c3ccc(-c4ccc(N(c5ccc6c(c5)C(CCC)(CCC)c5ccccc5-6)c5cccc6ccccc56)cc4)cc3)c3ccc4c(c3)C(C)(C)c3ccccc3-4)cc21. The van der Waals surface area contributed by atoms with Crippen molar-refractivity contribution in [2.24, 2.45) is 0 Å². The maximum Gasteiger partial charge on any atom is 0.0540 e. The molecule has 3 aliphatic rings. The Morgan fingerprint density at radius 2 is 0.662 bits per heavy atom. The maximum atomic E-state index is 2.55. The van der Waals surface area contributed by atoms with Crippen LogP contribution in [0.2, 0.25) is 0 Å². The van der Waals surface area contributed by atoms with Crippen LogP contribution >= 0.6 is 0 Å². The predicted octanol–water partition coefficient (Wildman–Crippen LogP) is 21.5. The summed E-state index contributed by atoms with van der Waals surface area (Å²) in [7, 11) is 0. The number of anilines is 6. The van der Waals surface area contributed by atoms with Crippen LogP contribution in [0.4, 0.5) is 34.1 Å². The Bertz CT molecular complexity index is 3840. The first kappa shape index (κ1) is 48.7. The second-order valence-corrected chi connectivity index (χ2v) is 22.9. The minimum absolute atomic E-state index is 0.00839. The number of hydrogen-bond donors (Lipinski definition) is 0. The molecule has 0 aliphatic heterocycles. The van der Waals surface area contributed by atoms with Crippen LogP contribution in [-0.2, 0) is 16.2 Å². The summed E-state index contributed by atoms with van der Waals surface area (Å²) in [5, 5.41) is 2.47. The molecule has 0 radical (unpaired) electrons. The zero-order valence-corrected chi connectivity index (χ0v) is 45.8. The van der Waals surface area contributed by atoms with E-state index in [1.807, 2.05) is 0 Å². The van der Waals surface area contributed by atoms with Gasteiger partial charge in [-0.2, -0.15) is 0 Å². The fourth-order valence-corrected chi connectivity index (χ4v) is 14.9. The molecule has 0 bridgehead atoms. The second kappa shape index (κ2) is 19.3. The fourth-order valence-electron chi connectivity index (χ4n) is 14.9. The Hall–Kier alpha value is -7.94. The van der Waals surface area contributed by atoms with E-state index >= 15 is 0 Å². The highest BCUT2D eigenvalue weighted by Crippen LogP contribution is 2.58. The highest BCUT2D eigenvalue weighted by atomic mass is 15.1. The van der Waals surface area contributed by atoms with Gasteiger partial charge < -0.3 is 9.80 Å². The first-order valence-electron chi connectivity index (χ1n) is 28.7. The van der Waals surface area contributed by atoms with Crippen molar-refractivity contribution in [1.82, 2.24) is 0 Å². The van der Waals surface area contributed by atoms with Crippen LogP contribution in [0.5, 0.6) is 0 Å². The van der Waals surface area contributed by atoms with E-state index in [4.69, 9.17) is 0 Å². The molecule has 380 valence electrons. The van der Waals surface area contributed by atoms with Crippen LogP contribution < -0.4 is 9.80 Å². The van der Waals surface area contributed by atoms with Crippen LogP contribution in [0.3, 0.4) is 0 Å². The molecule has 0 spiro atoms. The van der Waals surface area contributed by atoms with Gasteiger partial charge in [-0.1, -0.05) is 219 Å². The molecule has 3 aliphatic carbocycles. The van der Waals surface area contributed by atoms with Crippen molar-refractivity contribution in [3.8, 4) is 44.5 Å². The number of benzene rings is 10. The van der Waals surface area contributed by atoms with E-state index in [-0.39, 0.29) is 16.2 Å². The molecule has 2 heteroatoms. The quantitative estimate of drug-likeness (QED) is 0.101. The highest BCUT2D eigenvalue weighted by Gasteiger charge is 2.44. The summed E-state index contributed by atoms with van der Waals surface area (Å²) in [4.78, 5) is 5.02. The fraction of sp³-hybridized carbons (Fsp3) is 0.227. The lowest BCUT2D eigenvalue weighted by molar-refractivity contribution is 0.436. The van der Waals surface area contributed by atoms with E-state index in [9.17, 15) is 0 Å². The highest BCUT2D eigenvalue weighted by molar-refractivity contribution is 6.00. The number of fused-ring (bicyclic) bond motifs is 10. The number of nitrogens with zero attached hydrogens (tertiary/aromatic N) is 2. The van der Waals surface area contributed by atoms with Crippen molar-refractivity contribution in [1.29, 1.82) is 0 Å². The van der Waals surface area contributed by atoms with Gasteiger partial charge in [0.05, 0.1) is 5.69 Å². The summed E-state index contributed by atoms with van der Waals surface area (Å²) in [5.41, 5.74) is 26.2. The molecule has 0 unspecified atom stereocenters. The summed E-state index contributed by atoms with van der Waals surface area (Å²) in [6, 6.07) is 83.4. The predicted molar refractivity (Wildman–Crippen MR) is 328 cm³/mol. The van der Waals surface area contributed by atoms with Crippen molar-refractivity contribution in [3.63, 3.8) is 0 Å². The van der Waals surface area contributed by atoms with Gasteiger partial charge in [-0.25, -0.2) is 0 Å². The molecule has 0 N–H and O–H groups in total. The minimum Gasteiger partial charge on any atom is -0.310 e. The van der Waals surface area contributed by atoms with Crippen LogP contribution in [-0.4, -0.2) is 0 Å². The molecular formula is C75H70N2. The molecule has 2 nitrogen and oxygen atoms in total. The van der Waals surface area contributed by atoms with E-state index < -0.39 is 0 Å². The summed E-state index contributed by atoms with van der Waals surface area (Å²) >= 11 is 0. The van der Waals surface area contributed by atoms with E-state index in [1.165, 1.54) is 111 Å². The smallest absolute Gasteiger partial charge is 0.0540 e. The molecule has 0 fully saturated rings. The molecule has 10 aromatic rings. The first-order chi connectivity index (χ1) is 37.7. The summed E-state index contributed by atoms with van der Waals surface area (Å²) in [6.07, 6.45) is 9.07. The van der Waals surface area contributed by atoms with Crippen LogP contribution in [0.25, 0.3) is 55.3 Å². The normalized spacial score (nSPS) is 14.6. The van der Waals surface area contributed by atoms with Gasteiger partial charge in [-0.3, -0.25) is 0 Å². The molecule has 0 atom stereocenters. The molecule has 0 aromatic heterocycles. The lowest BCUT2D eigenvalue weighted by Gasteiger charge is -2.33. The lowest BCUT2D eigenvalue weighted by atomic mass is 9.71. The summed E-state index contributed by atoms with van der Waals surface area (Å²) < 4.78 is 0. The topological polar surface area (TPSA) is 6.48 Å². The first-order valence-corrected chi connectivity index (χ1v) is 28.7. The average molecular weight is 999 g/mol. The largest absolute Gasteiger partial charge is 0.310 e. The molecular weight excluding hydrogens is 929 g/mol. The molecule has 0 amide bonds. The van der Waals surface area contributed by atoms with Gasteiger partial charge in [0, 0.05) is 50.1 Å². The van der Waals surface area contributed by atoms with E-state index in [0.717, 1.165) is 62.7 Å². The Morgan fingerprint density at radius 3 is 1.17 bits per heavy atom. The Balaban J connectivity index is 0.906. The standard InChI is InChI=1S/C75H70N2/c1-7-44-74(45-8-2)67-27-17-14-24-61(67)64-42-39-57(49-70(64)74)76(56-38-41-63-60-23-13-16-26-66(60)73(5,6)69(63)48-56)54-34-30-51(31-35-54)52-32-36-55(37-33-52)77(72-29-19-21-53-20-11-12-22-59(53)72)58-40-43-65-62-25-15-18-28-68(62)75(46-9-3,47-10-4)71(65)50-58/h11-43,48-50H,7-10,44-47H2,1-6H3. The Labute approximate surface area is 457 Å². The zero-order chi connectivity index (χ0) is 52.5. The van der Waals surface area contributed by atoms with Crippen molar-refractivity contribution >= 4 is 44.9 Å². The summed E-state index contributed by atoms with van der Waals surface area (Å²) in [5.74, 6) is 0. The van der Waals surface area contributed by atoms with Crippen LogP contribution in [0, 0.1) is 0 Å². The van der Waals surface area contributed by atoms with Crippen molar-refractivity contribution in [2.75, 3.05) is 9.80 Å². The number of rotatable bonds is 15. The maximum absolute atomic E-state index is 2.55. The van der Waals surface area contributed by atoms with Gasteiger partial charge in [0.1, 0.15) is 0 Å². The van der Waals surface area contributed by atoms with Gasteiger partial charge in [0.15, 0.2) is 0 Å². The Kier molecular flexibility index (Phi) is 12.2. The monoisotopic (exact) mass is 999 g/mol. The van der Waals surface area contributed by atoms with E-state index in [2.05, 4.69) is 270 Å². The van der Waals surface area contributed by atoms with Gasteiger partial charge >= 0.3 is 0 Å². The van der Waals surface area contributed by atoms with Crippen LogP contribution in [0.1, 0.15) is 126 Å². The average Bonchev–Trinajstić information content (AvgIpc) is 4.11. The van der Waals surface area contributed by atoms with Gasteiger partial charge in [-0.15, -0.1) is 0 Å². The van der Waals surface area contributed by atoms with Gasteiger partial charge in [0.25, 0.3) is 0 Å². The molecule has 13 rings (SSSR count). The van der Waals surface area contributed by atoms with Crippen molar-refractivity contribution in [2.45, 2.75) is 109 Å². The molecule has 0 heterocycles. The minimum atomic E-state index is -0.120. The number of hydrogen-bond acceptors (Lipinski definition) is 2. The third-order valence-corrected chi connectivity index (χ3v) is 18.1. The lowest BCUT2D eigenvalue weighted by Crippen LogP contribution is -2.25. The third-order valence-electron chi connectivity index (χ3n) is 18.1. The third kappa shape index (κ3) is 7.65. The zero-order valence-electron chi connectivity index (χ0n) is 45.8.